The molecule has 0 aromatic heterocycles. The van der Waals surface area contributed by atoms with Crippen molar-refractivity contribution < 1.29 is 9.84 Å². The highest BCUT2D eigenvalue weighted by atomic mass is 16.5. The first-order valence-corrected chi connectivity index (χ1v) is 6.21. The van der Waals surface area contributed by atoms with Gasteiger partial charge in [0.1, 0.15) is 18.0 Å². The zero-order valence-electron chi connectivity index (χ0n) is 9.73. The van der Waals surface area contributed by atoms with Gasteiger partial charge in [-0.2, -0.15) is 0 Å². The highest BCUT2D eigenvalue weighted by molar-refractivity contribution is 5.57. The van der Waals surface area contributed by atoms with Crippen LogP contribution in [0.2, 0.25) is 0 Å². The number of hydrogen-bond donors (Lipinski definition) is 3. The minimum absolute atomic E-state index is 0.143. The van der Waals surface area contributed by atoms with E-state index in [0.717, 1.165) is 31.6 Å². The Bertz CT molecular complexity index is 422. The minimum atomic E-state index is -0.540. The lowest BCUT2D eigenvalue weighted by molar-refractivity contribution is 0.0521. The van der Waals surface area contributed by atoms with Crippen molar-refractivity contribution in [2.24, 2.45) is 5.73 Å². The molecule has 0 amide bonds. The third-order valence-electron chi connectivity index (χ3n) is 3.68. The molecule has 3 rings (SSSR count). The summed E-state index contributed by atoms with van der Waals surface area (Å²) >= 11 is 0. The van der Waals surface area contributed by atoms with Crippen LogP contribution >= 0.6 is 0 Å². The van der Waals surface area contributed by atoms with Crippen molar-refractivity contribution >= 4 is 5.69 Å². The van der Waals surface area contributed by atoms with Crippen molar-refractivity contribution in [1.29, 1.82) is 0 Å². The van der Waals surface area contributed by atoms with E-state index in [2.05, 4.69) is 11.4 Å². The normalized spacial score (nSPS) is 31.1. The fourth-order valence-electron chi connectivity index (χ4n) is 2.63. The molecule has 3 unspecified atom stereocenters. The summed E-state index contributed by atoms with van der Waals surface area (Å²) in [6.45, 7) is 0.996. The molecule has 1 heterocycles. The first-order chi connectivity index (χ1) is 8.24. The van der Waals surface area contributed by atoms with Gasteiger partial charge in [0, 0.05) is 18.3 Å². The summed E-state index contributed by atoms with van der Waals surface area (Å²) in [7, 11) is 0. The Morgan fingerprint density at radius 1 is 1.35 bits per heavy atom. The van der Waals surface area contributed by atoms with Crippen molar-refractivity contribution in [3.63, 3.8) is 0 Å². The molecule has 0 bridgehead atoms. The molecule has 92 valence electrons. The molecular formula is C13H18N2O2. The van der Waals surface area contributed by atoms with Gasteiger partial charge in [0.05, 0.1) is 0 Å². The van der Waals surface area contributed by atoms with E-state index in [9.17, 15) is 5.11 Å². The first kappa shape index (κ1) is 10.9. The standard InChI is InChI=1S/C13H18N2O2/c14-10-2-4-12(13(10)16)17-9-1-3-11-8(7-9)5-6-15-11/h1,3,7,10,12-13,15-16H,2,4-6,14H2. The number of fused-ring (bicyclic) bond motifs is 1. The lowest BCUT2D eigenvalue weighted by Crippen LogP contribution is -2.37. The molecule has 1 fully saturated rings. The molecule has 4 nitrogen and oxygen atoms in total. The Hall–Kier alpha value is -1.26. The van der Waals surface area contributed by atoms with Gasteiger partial charge in [-0.25, -0.2) is 0 Å². The maximum absolute atomic E-state index is 9.85. The van der Waals surface area contributed by atoms with E-state index in [1.54, 1.807) is 0 Å². The molecule has 17 heavy (non-hydrogen) atoms. The van der Waals surface area contributed by atoms with E-state index in [1.165, 1.54) is 11.3 Å². The molecule has 0 spiro atoms. The highest BCUT2D eigenvalue weighted by Crippen LogP contribution is 2.29. The summed E-state index contributed by atoms with van der Waals surface area (Å²) in [5.41, 5.74) is 8.26. The average Bonchev–Trinajstić information content (AvgIpc) is 2.90. The number of nitrogens with one attached hydrogen (secondary N) is 1. The molecular weight excluding hydrogens is 216 g/mol. The molecule has 2 aliphatic rings. The smallest absolute Gasteiger partial charge is 0.126 e. The van der Waals surface area contributed by atoms with Crippen molar-refractivity contribution in [2.75, 3.05) is 11.9 Å². The SMILES string of the molecule is NC1CCC(Oc2ccc3c(c2)CCN3)C1O. The van der Waals surface area contributed by atoms with Crippen molar-refractivity contribution in [3.8, 4) is 5.75 Å². The Kier molecular flexibility index (Phi) is 2.68. The van der Waals surface area contributed by atoms with Gasteiger partial charge in [0.2, 0.25) is 0 Å². The lowest BCUT2D eigenvalue weighted by Gasteiger charge is -2.19. The number of aliphatic hydroxyl groups excluding tert-OH is 1. The second-order valence-electron chi connectivity index (χ2n) is 4.88. The zero-order chi connectivity index (χ0) is 11.8. The Morgan fingerprint density at radius 2 is 2.24 bits per heavy atom. The van der Waals surface area contributed by atoms with Crippen LogP contribution in [-0.2, 0) is 6.42 Å². The van der Waals surface area contributed by atoms with E-state index in [-0.39, 0.29) is 12.1 Å². The van der Waals surface area contributed by atoms with Crippen LogP contribution in [-0.4, -0.2) is 29.9 Å². The monoisotopic (exact) mass is 234 g/mol. The van der Waals surface area contributed by atoms with Crippen molar-refractivity contribution in [1.82, 2.24) is 0 Å². The zero-order valence-corrected chi connectivity index (χ0v) is 9.73. The van der Waals surface area contributed by atoms with Crippen LogP contribution in [0.1, 0.15) is 18.4 Å². The molecule has 0 saturated heterocycles. The fourth-order valence-corrected chi connectivity index (χ4v) is 2.63. The van der Waals surface area contributed by atoms with Gasteiger partial charge in [0.15, 0.2) is 0 Å². The third kappa shape index (κ3) is 1.98. The van der Waals surface area contributed by atoms with Crippen LogP contribution < -0.4 is 15.8 Å². The topological polar surface area (TPSA) is 67.5 Å². The van der Waals surface area contributed by atoms with E-state index in [0.29, 0.717) is 0 Å². The second kappa shape index (κ2) is 4.20. The largest absolute Gasteiger partial charge is 0.488 e. The number of anilines is 1. The quantitative estimate of drug-likeness (QED) is 0.710. The van der Waals surface area contributed by atoms with Gasteiger partial charge >= 0.3 is 0 Å². The Morgan fingerprint density at radius 3 is 3.00 bits per heavy atom. The Balaban J connectivity index is 1.73. The van der Waals surface area contributed by atoms with Crippen LogP contribution in [0, 0.1) is 0 Å². The molecule has 1 aromatic carbocycles. The number of ether oxygens (including phenoxy) is 1. The number of benzene rings is 1. The van der Waals surface area contributed by atoms with Crippen molar-refractivity contribution in [2.45, 2.75) is 37.5 Å². The predicted molar refractivity (Wildman–Crippen MR) is 66.3 cm³/mol. The molecule has 1 aromatic rings. The van der Waals surface area contributed by atoms with Gasteiger partial charge in [0.25, 0.3) is 0 Å². The summed E-state index contributed by atoms with van der Waals surface area (Å²) in [5.74, 6) is 0.839. The average molecular weight is 234 g/mol. The van der Waals surface area contributed by atoms with Crippen LogP contribution in [0.5, 0.6) is 5.75 Å². The number of nitrogens with two attached hydrogens (primary N) is 1. The molecule has 3 atom stereocenters. The van der Waals surface area contributed by atoms with Gasteiger partial charge in [-0.1, -0.05) is 0 Å². The summed E-state index contributed by atoms with van der Waals surface area (Å²) in [5, 5.41) is 13.2. The van der Waals surface area contributed by atoms with Crippen LogP contribution in [0.4, 0.5) is 5.69 Å². The third-order valence-corrected chi connectivity index (χ3v) is 3.68. The molecule has 4 N–H and O–H groups in total. The summed E-state index contributed by atoms with van der Waals surface area (Å²) in [6.07, 6.45) is 2.01. The molecule has 4 heteroatoms. The number of rotatable bonds is 2. The number of hydrogen-bond acceptors (Lipinski definition) is 4. The van der Waals surface area contributed by atoms with Crippen LogP contribution in [0.3, 0.4) is 0 Å². The number of aliphatic hydroxyl groups is 1. The van der Waals surface area contributed by atoms with Crippen LogP contribution in [0.25, 0.3) is 0 Å². The Labute approximate surface area is 101 Å². The van der Waals surface area contributed by atoms with Gasteiger partial charge in [-0.3, -0.25) is 0 Å². The van der Waals surface area contributed by atoms with E-state index >= 15 is 0 Å². The lowest BCUT2D eigenvalue weighted by atomic mass is 10.1. The predicted octanol–water partition coefficient (Wildman–Crippen LogP) is 0.884. The summed E-state index contributed by atoms with van der Waals surface area (Å²) in [6, 6.07) is 5.91. The highest BCUT2D eigenvalue weighted by Gasteiger charge is 2.33. The second-order valence-corrected chi connectivity index (χ2v) is 4.88. The van der Waals surface area contributed by atoms with Crippen molar-refractivity contribution in [3.05, 3.63) is 23.8 Å². The minimum Gasteiger partial charge on any atom is -0.488 e. The molecule has 0 radical (unpaired) electrons. The molecule has 1 aliphatic carbocycles. The van der Waals surface area contributed by atoms with Gasteiger partial charge < -0.3 is 20.9 Å². The maximum Gasteiger partial charge on any atom is 0.126 e. The summed E-state index contributed by atoms with van der Waals surface area (Å²) < 4.78 is 5.83. The fraction of sp³-hybridized carbons (Fsp3) is 0.538. The van der Waals surface area contributed by atoms with Crippen LogP contribution in [0.15, 0.2) is 18.2 Å². The summed E-state index contributed by atoms with van der Waals surface area (Å²) in [4.78, 5) is 0. The van der Waals surface area contributed by atoms with E-state index in [4.69, 9.17) is 10.5 Å². The van der Waals surface area contributed by atoms with Gasteiger partial charge in [-0.15, -0.1) is 0 Å². The van der Waals surface area contributed by atoms with E-state index in [1.807, 2.05) is 12.1 Å². The molecule has 1 aliphatic heterocycles. The first-order valence-electron chi connectivity index (χ1n) is 6.21. The molecule has 1 saturated carbocycles. The van der Waals surface area contributed by atoms with E-state index < -0.39 is 6.10 Å². The van der Waals surface area contributed by atoms with Gasteiger partial charge in [-0.05, 0) is 43.0 Å². The maximum atomic E-state index is 9.85.